The summed E-state index contributed by atoms with van der Waals surface area (Å²) in [7, 11) is 3.25. The highest BCUT2D eigenvalue weighted by Gasteiger charge is 2.13. The molecule has 5 heteroatoms. The lowest BCUT2D eigenvalue weighted by molar-refractivity contribution is 0.170. The molecule has 2 atom stereocenters. The van der Waals surface area contributed by atoms with Crippen molar-refractivity contribution in [1.29, 1.82) is 0 Å². The van der Waals surface area contributed by atoms with Gasteiger partial charge in [0.1, 0.15) is 0 Å². The van der Waals surface area contributed by atoms with Crippen LogP contribution in [0.15, 0.2) is 42.5 Å². The number of ether oxygens (including phenoxy) is 2. The topological polar surface area (TPSA) is 50.7 Å². The van der Waals surface area contributed by atoms with E-state index < -0.39 is 6.10 Å². The van der Waals surface area contributed by atoms with Crippen LogP contribution in [0.4, 0.5) is 0 Å². The first-order chi connectivity index (χ1) is 11.5. The van der Waals surface area contributed by atoms with Gasteiger partial charge in [-0.25, -0.2) is 0 Å². The summed E-state index contributed by atoms with van der Waals surface area (Å²) in [5.74, 6) is 1.44. The van der Waals surface area contributed by atoms with E-state index in [4.69, 9.17) is 21.1 Å². The zero-order chi connectivity index (χ0) is 17.5. The van der Waals surface area contributed by atoms with Crippen LogP contribution in [-0.4, -0.2) is 31.9 Å². The molecule has 2 rings (SSSR count). The third kappa shape index (κ3) is 4.87. The molecule has 2 unspecified atom stereocenters. The van der Waals surface area contributed by atoms with Gasteiger partial charge in [-0.2, -0.15) is 0 Å². The van der Waals surface area contributed by atoms with Gasteiger partial charge in [-0.3, -0.25) is 0 Å². The largest absolute Gasteiger partial charge is 0.493 e. The molecule has 2 aromatic carbocycles. The lowest BCUT2D eigenvalue weighted by atomic mass is 10.1. The van der Waals surface area contributed by atoms with Crippen molar-refractivity contribution in [1.82, 2.24) is 5.32 Å². The fourth-order valence-electron chi connectivity index (χ4n) is 2.60. The normalized spacial score (nSPS) is 13.4. The van der Waals surface area contributed by atoms with Crippen molar-refractivity contribution >= 4 is 11.6 Å². The molecular weight excluding hydrogens is 326 g/mol. The minimum absolute atomic E-state index is 0.195. The maximum Gasteiger partial charge on any atom is 0.160 e. The summed E-state index contributed by atoms with van der Waals surface area (Å²) < 4.78 is 10.6. The molecule has 0 amide bonds. The van der Waals surface area contributed by atoms with E-state index in [9.17, 15) is 5.11 Å². The number of halogens is 1. The highest BCUT2D eigenvalue weighted by molar-refractivity contribution is 6.31. The average molecular weight is 350 g/mol. The number of aliphatic hydroxyl groups is 1. The zero-order valence-corrected chi connectivity index (χ0v) is 15.0. The highest BCUT2D eigenvalue weighted by atomic mass is 35.5. The Morgan fingerprint density at radius 2 is 1.79 bits per heavy atom. The third-order valence-corrected chi connectivity index (χ3v) is 4.26. The number of aliphatic hydroxyl groups excluding tert-OH is 1. The Kier molecular flexibility index (Phi) is 6.91. The minimum Gasteiger partial charge on any atom is -0.493 e. The highest BCUT2D eigenvalue weighted by Crippen LogP contribution is 2.28. The Bertz CT molecular complexity index is 663. The van der Waals surface area contributed by atoms with Crippen LogP contribution in [0.2, 0.25) is 5.02 Å². The summed E-state index contributed by atoms with van der Waals surface area (Å²) in [6.45, 7) is 2.52. The van der Waals surface area contributed by atoms with E-state index in [-0.39, 0.29) is 6.04 Å². The van der Waals surface area contributed by atoms with Crippen LogP contribution in [0, 0.1) is 0 Å². The first-order valence-electron chi connectivity index (χ1n) is 7.92. The molecule has 0 saturated heterocycles. The van der Waals surface area contributed by atoms with Gasteiger partial charge in [0.05, 0.1) is 20.3 Å². The van der Waals surface area contributed by atoms with Crippen molar-refractivity contribution in [3.05, 3.63) is 58.6 Å². The molecule has 0 spiro atoms. The van der Waals surface area contributed by atoms with Crippen molar-refractivity contribution in [2.45, 2.75) is 25.5 Å². The Morgan fingerprint density at radius 3 is 2.46 bits per heavy atom. The van der Waals surface area contributed by atoms with Crippen molar-refractivity contribution in [3.63, 3.8) is 0 Å². The second-order valence-corrected chi connectivity index (χ2v) is 6.15. The number of hydrogen-bond acceptors (Lipinski definition) is 4. The molecule has 0 aromatic heterocycles. The molecule has 0 aliphatic heterocycles. The number of hydrogen-bond donors (Lipinski definition) is 2. The van der Waals surface area contributed by atoms with Gasteiger partial charge < -0.3 is 19.9 Å². The molecule has 0 aliphatic carbocycles. The molecule has 0 saturated carbocycles. The van der Waals surface area contributed by atoms with Crippen LogP contribution in [-0.2, 0) is 6.42 Å². The molecule has 2 N–H and O–H groups in total. The predicted molar refractivity (Wildman–Crippen MR) is 97.1 cm³/mol. The zero-order valence-electron chi connectivity index (χ0n) is 14.3. The first kappa shape index (κ1) is 18.6. The van der Waals surface area contributed by atoms with Gasteiger partial charge in [0.15, 0.2) is 11.5 Å². The van der Waals surface area contributed by atoms with E-state index in [2.05, 4.69) is 12.2 Å². The van der Waals surface area contributed by atoms with Crippen molar-refractivity contribution in [3.8, 4) is 11.5 Å². The molecular formula is C19H24ClNO3. The maximum atomic E-state index is 10.3. The third-order valence-electron chi connectivity index (χ3n) is 3.91. The minimum atomic E-state index is -0.633. The van der Waals surface area contributed by atoms with Gasteiger partial charge in [-0.05, 0) is 37.1 Å². The number of nitrogens with one attached hydrogen (secondary N) is 1. The van der Waals surface area contributed by atoms with Gasteiger partial charge in [0, 0.05) is 23.2 Å². The summed E-state index contributed by atoms with van der Waals surface area (Å²) in [5, 5.41) is 14.2. The summed E-state index contributed by atoms with van der Waals surface area (Å²) in [5.41, 5.74) is 1.88. The monoisotopic (exact) mass is 349 g/mol. The standard InChI is InChI=1S/C19H24ClNO3/c1-13(10-14-8-9-18(23-2)19(11-14)24-3)21-12-17(22)15-6-4-5-7-16(15)20/h4-9,11,13,17,21-22H,10,12H2,1-3H3. The van der Waals surface area contributed by atoms with E-state index in [1.165, 1.54) is 0 Å². The van der Waals surface area contributed by atoms with Crippen LogP contribution >= 0.6 is 11.6 Å². The van der Waals surface area contributed by atoms with Gasteiger partial charge >= 0.3 is 0 Å². The summed E-state index contributed by atoms with van der Waals surface area (Å²) >= 11 is 6.11. The van der Waals surface area contributed by atoms with Gasteiger partial charge in [0.2, 0.25) is 0 Å². The van der Waals surface area contributed by atoms with Crippen LogP contribution in [0.1, 0.15) is 24.2 Å². The number of benzene rings is 2. The fraction of sp³-hybridized carbons (Fsp3) is 0.368. The Labute approximate surface area is 148 Å². The molecule has 24 heavy (non-hydrogen) atoms. The molecule has 0 radical (unpaired) electrons. The molecule has 2 aromatic rings. The lowest BCUT2D eigenvalue weighted by Crippen LogP contribution is -2.32. The Hall–Kier alpha value is -1.75. The van der Waals surface area contributed by atoms with Crippen molar-refractivity contribution < 1.29 is 14.6 Å². The van der Waals surface area contributed by atoms with Crippen LogP contribution in [0.3, 0.4) is 0 Å². The van der Waals surface area contributed by atoms with Gasteiger partial charge in [-0.1, -0.05) is 35.9 Å². The van der Waals surface area contributed by atoms with Gasteiger partial charge in [-0.15, -0.1) is 0 Å². The smallest absolute Gasteiger partial charge is 0.160 e. The maximum absolute atomic E-state index is 10.3. The van der Waals surface area contributed by atoms with E-state index >= 15 is 0 Å². The first-order valence-corrected chi connectivity index (χ1v) is 8.29. The molecule has 0 heterocycles. The molecule has 0 bridgehead atoms. The Morgan fingerprint density at radius 1 is 1.08 bits per heavy atom. The van der Waals surface area contributed by atoms with Crippen LogP contribution < -0.4 is 14.8 Å². The summed E-state index contributed by atoms with van der Waals surface area (Å²) in [6.07, 6.45) is 0.182. The van der Waals surface area contributed by atoms with Gasteiger partial charge in [0.25, 0.3) is 0 Å². The van der Waals surface area contributed by atoms with E-state index in [0.29, 0.717) is 11.6 Å². The number of methoxy groups -OCH3 is 2. The predicted octanol–water partition coefficient (Wildman–Crippen LogP) is 3.61. The molecule has 4 nitrogen and oxygen atoms in total. The van der Waals surface area contributed by atoms with Crippen LogP contribution in [0.25, 0.3) is 0 Å². The van der Waals surface area contributed by atoms with E-state index in [1.807, 2.05) is 36.4 Å². The quantitative estimate of drug-likeness (QED) is 0.764. The SMILES string of the molecule is COc1ccc(CC(C)NCC(O)c2ccccc2Cl)cc1OC. The van der Waals surface area contributed by atoms with E-state index in [1.54, 1.807) is 20.3 Å². The summed E-state index contributed by atoms with van der Waals surface area (Å²) in [6, 6.07) is 13.4. The Balaban J connectivity index is 1.91. The van der Waals surface area contributed by atoms with Crippen LogP contribution in [0.5, 0.6) is 11.5 Å². The molecule has 130 valence electrons. The summed E-state index contributed by atoms with van der Waals surface area (Å²) in [4.78, 5) is 0. The van der Waals surface area contributed by atoms with E-state index in [0.717, 1.165) is 29.0 Å². The number of rotatable bonds is 8. The van der Waals surface area contributed by atoms with Crippen molar-refractivity contribution in [2.75, 3.05) is 20.8 Å². The fourth-order valence-corrected chi connectivity index (χ4v) is 2.86. The van der Waals surface area contributed by atoms with Crippen molar-refractivity contribution in [2.24, 2.45) is 0 Å². The average Bonchev–Trinajstić information content (AvgIpc) is 2.60. The molecule has 0 aliphatic rings. The lowest BCUT2D eigenvalue weighted by Gasteiger charge is -2.19. The molecule has 0 fully saturated rings. The second-order valence-electron chi connectivity index (χ2n) is 5.74. The second kappa shape index (κ2) is 8.92.